The van der Waals surface area contributed by atoms with Gasteiger partial charge in [0.25, 0.3) is 0 Å². The van der Waals surface area contributed by atoms with E-state index < -0.39 is 0 Å². The average Bonchev–Trinajstić information content (AvgIpc) is 3.04. The molecule has 4 heteroatoms. The van der Waals surface area contributed by atoms with E-state index in [9.17, 15) is 9.59 Å². The molecule has 0 bridgehead atoms. The summed E-state index contributed by atoms with van der Waals surface area (Å²) < 4.78 is 11.4. The quantitative estimate of drug-likeness (QED) is 0.138. The maximum absolute atomic E-state index is 12.7. The molecule has 0 heterocycles. The molecule has 0 aromatic carbocycles. The van der Waals surface area contributed by atoms with Gasteiger partial charge in [-0.3, -0.25) is 9.59 Å². The lowest BCUT2D eigenvalue weighted by atomic mass is 9.94. The molecule has 0 N–H and O–H groups in total. The van der Waals surface area contributed by atoms with Gasteiger partial charge in [0.1, 0.15) is 6.10 Å². The molecule has 0 aliphatic heterocycles. The summed E-state index contributed by atoms with van der Waals surface area (Å²) in [6.07, 6.45) is 15.7. The van der Waals surface area contributed by atoms with Gasteiger partial charge >= 0.3 is 5.97 Å². The minimum Gasteiger partial charge on any atom is -0.463 e. The van der Waals surface area contributed by atoms with Crippen LogP contribution in [-0.4, -0.2) is 30.6 Å². The summed E-state index contributed by atoms with van der Waals surface area (Å²) >= 11 is 0. The van der Waals surface area contributed by atoms with E-state index in [1.165, 1.54) is 32.1 Å². The summed E-state index contributed by atoms with van der Waals surface area (Å²) in [4.78, 5) is 24.3. The Morgan fingerprint density at radius 2 is 1.66 bits per heavy atom. The zero-order chi connectivity index (χ0) is 23.6. The number of unbranched alkanes of at least 4 members (excludes halogenated alkanes) is 9. The predicted octanol–water partition coefficient (Wildman–Crippen LogP) is 6.95. The molecule has 4 nitrogen and oxygen atoms in total. The molecule has 0 aromatic rings. The van der Waals surface area contributed by atoms with Crippen molar-refractivity contribution in [3.8, 4) is 11.8 Å². The lowest BCUT2D eigenvalue weighted by molar-refractivity contribution is -0.147. The SMILES string of the molecule is CCCCCCC#CC1=CC(=O)[C@H](CCCCCC)[C@@H]1OCCCCCC(=O)OC(C)C. The van der Waals surface area contributed by atoms with Crippen molar-refractivity contribution in [2.45, 2.75) is 130 Å². The van der Waals surface area contributed by atoms with E-state index in [-0.39, 0.29) is 29.9 Å². The number of allylic oxidation sites excluding steroid dienone is 1. The molecule has 2 atom stereocenters. The molecular formula is C28H46O4. The van der Waals surface area contributed by atoms with Crippen molar-refractivity contribution >= 4 is 11.8 Å². The average molecular weight is 447 g/mol. The summed E-state index contributed by atoms with van der Waals surface area (Å²) in [6.45, 7) is 8.74. The maximum Gasteiger partial charge on any atom is 0.306 e. The fourth-order valence-corrected chi connectivity index (χ4v) is 3.99. The summed E-state index contributed by atoms with van der Waals surface area (Å²) in [5, 5.41) is 0. The van der Waals surface area contributed by atoms with Crippen molar-refractivity contribution in [2.75, 3.05) is 6.61 Å². The van der Waals surface area contributed by atoms with Crippen LogP contribution in [0.25, 0.3) is 0 Å². The highest BCUT2D eigenvalue weighted by Gasteiger charge is 2.35. The molecule has 0 radical (unpaired) electrons. The lowest BCUT2D eigenvalue weighted by Crippen LogP contribution is -2.26. The van der Waals surface area contributed by atoms with Crippen LogP contribution in [0.5, 0.6) is 0 Å². The third-order valence-corrected chi connectivity index (χ3v) is 5.78. The highest BCUT2D eigenvalue weighted by Crippen LogP contribution is 2.30. The van der Waals surface area contributed by atoms with E-state index in [4.69, 9.17) is 9.47 Å². The Morgan fingerprint density at radius 1 is 0.969 bits per heavy atom. The Morgan fingerprint density at radius 3 is 2.34 bits per heavy atom. The van der Waals surface area contributed by atoms with Crippen LogP contribution in [0, 0.1) is 17.8 Å². The number of hydrogen-bond donors (Lipinski definition) is 0. The molecule has 0 amide bonds. The normalized spacial score (nSPS) is 17.9. The lowest BCUT2D eigenvalue weighted by Gasteiger charge is -2.21. The molecule has 1 aliphatic carbocycles. The monoisotopic (exact) mass is 446 g/mol. The molecule has 0 fully saturated rings. The summed E-state index contributed by atoms with van der Waals surface area (Å²) in [6, 6.07) is 0. The Labute approximate surface area is 196 Å². The van der Waals surface area contributed by atoms with Crippen LogP contribution in [0.2, 0.25) is 0 Å². The Kier molecular flexibility index (Phi) is 15.9. The van der Waals surface area contributed by atoms with Gasteiger partial charge in [0, 0.05) is 25.0 Å². The van der Waals surface area contributed by atoms with Gasteiger partial charge < -0.3 is 9.47 Å². The second-order valence-electron chi connectivity index (χ2n) is 9.21. The van der Waals surface area contributed by atoms with E-state index >= 15 is 0 Å². The predicted molar refractivity (Wildman–Crippen MR) is 131 cm³/mol. The van der Waals surface area contributed by atoms with Gasteiger partial charge in [-0.1, -0.05) is 77.1 Å². The molecule has 1 aliphatic rings. The van der Waals surface area contributed by atoms with Crippen LogP contribution < -0.4 is 0 Å². The van der Waals surface area contributed by atoms with Crippen molar-refractivity contribution < 1.29 is 19.1 Å². The number of esters is 1. The number of rotatable bonds is 17. The van der Waals surface area contributed by atoms with Gasteiger partial charge in [-0.15, -0.1) is 0 Å². The molecular weight excluding hydrogens is 400 g/mol. The smallest absolute Gasteiger partial charge is 0.306 e. The number of hydrogen-bond acceptors (Lipinski definition) is 4. The van der Waals surface area contributed by atoms with Crippen molar-refractivity contribution in [3.63, 3.8) is 0 Å². The van der Waals surface area contributed by atoms with Crippen molar-refractivity contribution in [3.05, 3.63) is 11.6 Å². The molecule has 32 heavy (non-hydrogen) atoms. The zero-order valence-electron chi connectivity index (χ0n) is 21.0. The minimum atomic E-state index is -0.196. The van der Waals surface area contributed by atoms with Gasteiger partial charge in [-0.2, -0.15) is 0 Å². The van der Waals surface area contributed by atoms with Crippen LogP contribution in [-0.2, 0) is 19.1 Å². The van der Waals surface area contributed by atoms with Crippen molar-refractivity contribution in [2.24, 2.45) is 5.92 Å². The van der Waals surface area contributed by atoms with Gasteiger partial charge in [-0.25, -0.2) is 0 Å². The fourth-order valence-electron chi connectivity index (χ4n) is 3.99. The Balaban J connectivity index is 2.51. The van der Waals surface area contributed by atoms with Gasteiger partial charge in [0.2, 0.25) is 0 Å². The van der Waals surface area contributed by atoms with Crippen molar-refractivity contribution in [1.82, 2.24) is 0 Å². The van der Waals surface area contributed by atoms with Crippen LogP contribution in [0.15, 0.2) is 11.6 Å². The molecule has 1 rings (SSSR count). The zero-order valence-corrected chi connectivity index (χ0v) is 21.0. The molecule has 0 unspecified atom stereocenters. The minimum absolute atomic E-state index is 0.0574. The Hall–Kier alpha value is -1.60. The number of ether oxygens (including phenoxy) is 2. The van der Waals surface area contributed by atoms with Crippen LogP contribution in [0.4, 0.5) is 0 Å². The first-order chi connectivity index (χ1) is 15.5. The first-order valence-electron chi connectivity index (χ1n) is 13.0. The standard InChI is InChI=1S/C28H46O4/c1-5-7-9-11-12-14-18-24-22-26(29)25(19-15-10-8-6-2)28(24)31-21-17-13-16-20-27(30)32-23(3)4/h22-23,25,28H,5-13,15-17,19-21H2,1-4H3/t25-,28+/m0/s1. The largest absolute Gasteiger partial charge is 0.463 e. The highest BCUT2D eigenvalue weighted by molar-refractivity contribution is 5.97. The number of carbonyl (C=O) groups is 2. The second-order valence-corrected chi connectivity index (χ2v) is 9.21. The van der Waals surface area contributed by atoms with E-state index in [0.717, 1.165) is 56.9 Å². The molecule has 0 saturated heterocycles. The molecule has 0 aromatic heterocycles. The first kappa shape index (κ1) is 28.4. The summed E-state index contributed by atoms with van der Waals surface area (Å²) in [5.41, 5.74) is 0.867. The summed E-state index contributed by atoms with van der Waals surface area (Å²) in [7, 11) is 0. The highest BCUT2D eigenvalue weighted by atomic mass is 16.5. The fraction of sp³-hybridized carbons (Fsp3) is 0.786. The van der Waals surface area contributed by atoms with Gasteiger partial charge in [-0.05, 0) is 45.6 Å². The van der Waals surface area contributed by atoms with E-state index in [0.29, 0.717) is 13.0 Å². The molecule has 0 spiro atoms. The summed E-state index contributed by atoms with van der Waals surface area (Å²) in [5.74, 6) is 6.49. The van der Waals surface area contributed by atoms with E-state index in [2.05, 4.69) is 25.7 Å². The maximum atomic E-state index is 12.7. The molecule has 0 saturated carbocycles. The first-order valence-corrected chi connectivity index (χ1v) is 13.0. The Bertz CT molecular complexity index is 623. The number of ketones is 1. The van der Waals surface area contributed by atoms with E-state index in [1.54, 1.807) is 6.08 Å². The topological polar surface area (TPSA) is 52.6 Å². The van der Waals surface area contributed by atoms with E-state index in [1.807, 2.05) is 13.8 Å². The third-order valence-electron chi connectivity index (χ3n) is 5.78. The third kappa shape index (κ3) is 12.4. The van der Waals surface area contributed by atoms with Crippen molar-refractivity contribution in [1.29, 1.82) is 0 Å². The van der Waals surface area contributed by atoms with Crippen LogP contribution in [0.3, 0.4) is 0 Å². The van der Waals surface area contributed by atoms with Gasteiger partial charge in [0.15, 0.2) is 5.78 Å². The van der Waals surface area contributed by atoms with Crippen LogP contribution in [0.1, 0.15) is 118 Å². The molecule has 182 valence electrons. The van der Waals surface area contributed by atoms with Crippen LogP contribution >= 0.6 is 0 Å². The second kappa shape index (κ2) is 17.9. The number of carbonyl (C=O) groups excluding carboxylic acids is 2. The van der Waals surface area contributed by atoms with Gasteiger partial charge in [0.05, 0.1) is 12.0 Å².